The van der Waals surface area contributed by atoms with Crippen LogP contribution in [0.25, 0.3) is 0 Å². The molecule has 0 aliphatic heterocycles. The zero-order valence-corrected chi connectivity index (χ0v) is 10.1. The molecule has 1 heterocycles. The smallest absolute Gasteiger partial charge is 0.329 e. The Hall–Kier alpha value is -0.940. The van der Waals surface area contributed by atoms with Gasteiger partial charge in [-0.2, -0.15) is 0 Å². The number of carbonyl (C=O) groups excluding carboxylic acids is 1. The topological polar surface area (TPSA) is 51.2 Å². The summed E-state index contributed by atoms with van der Waals surface area (Å²) in [5.74, 6) is -0.260. The van der Waals surface area contributed by atoms with E-state index in [0.29, 0.717) is 13.2 Å². The fourth-order valence-corrected chi connectivity index (χ4v) is 1.89. The Morgan fingerprint density at radius 2 is 2.40 bits per heavy atom. The number of nitrogens with zero attached hydrogens (tertiary/aromatic N) is 1. The van der Waals surface area contributed by atoms with Crippen LogP contribution in [0.15, 0.2) is 5.38 Å². The number of hydrogen-bond donors (Lipinski definition) is 1. The Morgan fingerprint density at radius 1 is 1.67 bits per heavy atom. The van der Waals surface area contributed by atoms with Crippen LogP contribution >= 0.6 is 11.3 Å². The summed E-state index contributed by atoms with van der Waals surface area (Å²) in [7, 11) is 0. The normalized spacial score (nSPS) is 12.5. The zero-order chi connectivity index (χ0) is 11.3. The highest BCUT2D eigenvalue weighted by atomic mass is 32.1. The standard InChI is InChI=1S/C10H16N2O2S/c1-4-11-9(10(13)14-5-2)8-6-15-7(3)12-8/h6,9,11H,4-5H2,1-3H3. The van der Waals surface area contributed by atoms with Gasteiger partial charge < -0.3 is 4.74 Å². The highest BCUT2D eigenvalue weighted by Gasteiger charge is 2.22. The molecule has 5 heteroatoms. The average molecular weight is 228 g/mol. The van der Waals surface area contributed by atoms with E-state index >= 15 is 0 Å². The van der Waals surface area contributed by atoms with Crippen molar-refractivity contribution in [3.8, 4) is 0 Å². The molecular weight excluding hydrogens is 212 g/mol. The first kappa shape index (κ1) is 12.1. The molecule has 0 radical (unpaired) electrons. The highest BCUT2D eigenvalue weighted by Crippen LogP contribution is 2.17. The Kier molecular flexibility index (Phi) is 4.71. The highest BCUT2D eigenvalue weighted by molar-refractivity contribution is 7.09. The van der Waals surface area contributed by atoms with Crippen molar-refractivity contribution in [2.75, 3.05) is 13.2 Å². The molecule has 0 bridgehead atoms. The average Bonchev–Trinajstić information content (AvgIpc) is 2.61. The van der Waals surface area contributed by atoms with E-state index < -0.39 is 6.04 Å². The molecule has 0 fully saturated rings. The van der Waals surface area contributed by atoms with Crippen molar-refractivity contribution in [2.24, 2.45) is 0 Å². The van der Waals surface area contributed by atoms with Crippen molar-refractivity contribution in [3.63, 3.8) is 0 Å². The predicted octanol–water partition coefficient (Wildman–Crippen LogP) is 1.67. The Bertz CT molecular complexity index is 325. The second-order valence-corrected chi connectivity index (χ2v) is 4.10. The Balaban J connectivity index is 2.77. The number of rotatable bonds is 5. The Morgan fingerprint density at radius 3 is 2.87 bits per heavy atom. The number of nitrogens with one attached hydrogen (secondary N) is 1. The van der Waals surface area contributed by atoms with Crippen molar-refractivity contribution in [2.45, 2.75) is 26.8 Å². The minimum Gasteiger partial charge on any atom is -0.465 e. The second-order valence-electron chi connectivity index (χ2n) is 3.03. The molecule has 0 spiro atoms. The van der Waals surface area contributed by atoms with Gasteiger partial charge in [0.1, 0.15) is 6.04 Å². The third-order valence-corrected chi connectivity index (χ3v) is 2.65. The maximum absolute atomic E-state index is 11.6. The number of carbonyl (C=O) groups is 1. The van der Waals surface area contributed by atoms with Crippen molar-refractivity contribution in [1.82, 2.24) is 10.3 Å². The van der Waals surface area contributed by atoms with Crippen molar-refractivity contribution < 1.29 is 9.53 Å². The number of aryl methyl sites for hydroxylation is 1. The zero-order valence-electron chi connectivity index (χ0n) is 9.24. The van der Waals surface area contributed by atoms with Gasteiger partial charge in [-0.1, -0.05) is 6.92 Å². The van der Waals surface area contributed by atoms with Crippen LogP contribution < -0.4 is 5.32 Å². The molecule has 1 aromatic rings. The molecule has 0 aromatic carbocycles. The summed E-state index contributed by atoms with van der Waals surface area (Å²) in [5, 5.41) is 5.91. The first-order chi connectivity index (χ1) is 7.19. The summed E-state index contributed by atoms with van der Waals surface area (Å²) in [4.78, 5) is 15.9. The number of aromatic nitrogens is 1. The van der Waals surface area contributed by atoms with Crippen LogP contribution in [0.2, 0.25) is 0 Å². The molecule has 84 valence electrons. The van der Waals surface area contributed by atoms with Crippen molar-refractivity contribution in [1.29, 1.82) is 0 Å². The van der Waals surface area contributed by atoms with Gasteiger partial charge in [0.25, 0.3) is 0 Å². The molecule has 1 N–H and O–H groups in total. The van der Waals surface area contributed by atoms with Crippen LogP contribution in [0.4, 0.5) is 0 Å². The first-order valence-corrected chi connectivity index (χ1v) is 5.89. The van der Waals surface area contributed by atoms with Gasteiger partial charge in [0, 0.05) is 5.38 Å². The third kappa shape index (κ3) is 3.28. The lowest BCUT2D eigenvalue weighted by molar-refractivity contribution is -0.145. The van der Waals surface area contributed by atoms with E-state index in [-0.39, 0.29) is 5.97 Å². The van der Waals surface area contributed by atoms with E-state index in [0.717, 1.165) is 10.7 Å². The fraction of sp³-hybridized carbons (Fsp3) is 0.600. The van der Waals surface area contributed by atoms with Gasteiger partial charge in [-0.15, -0.1) is 11.3 Å². The summed E-state index contributed by atoms with van der Waals surface area (Å²) in [6.07, 6.45) is 0. The minimum atomic E-state index is -0.431. The monoisotopic (exact) mass is 228 g/mol. The van der Waals surface area contributed by atoms with Crippen molar-refractivity contribution >= 4 is 17.3 Å². The lowest BCUT2D eigenvalue weighted by Gasteiger charge is -2.13. The van der Waals surface area contributed by atoms with Gasteiger partial charge in [-0.25, -0.2) is 9.78 Å². The second kappa shape index (κ2) is 5.82. The number of esters is 1. The van der Waals surface area contributed by atoms with E-state index in [2.05, 4.69) is 10.3 Å². The van der Waals surface area contributed by atoms with E-state index in [4.69, 9.17) is 4.74 Å². The number of ether oxygens (including phenoxy) is 1. The van der Waals surface area contributed by atoms with Crippen LogP contribution in [-0.2, 0) is 9.53 Å². The lowest BCUT2D eigenvalue weighted by atomic mass is 10.2. The molecule has 0 aliphatic rings. The minimum absolute atomic E-state index is 0.260. The first-order valence-electron chi connectivity index (χ1n) is 5.01. The molecule has 1 rings (SSSR count). The van der Waals surface area contributed by atoms with Gasteiger partial charge in [0.2, 0.25) is 0 Å². The lowest BCUT2D eigenvalue weighted by Crippen LogP contribution is -2.30. The van der Waals surface area contributed by atoms with Gasteiger partial charge >= 0.3 is 5.97 Å². The Labute approximate surface area is 93.7 Å². The quantitative estimate of drug-likeness (QED) is 0.779. The molecule has 1 atom stereocenters. The maximum Gasteiger partial charge on any atom is 0.329 e. The molecule has 1 unspecified atom stereocenters. The van der Waals surface area contributed by atoms with Crippen molar-refractivity contribution in [3.05, 3.63) is 16.1 Å². The van der Waals surface area contributed by atoms with Gasteiger partial charge in [-0.3, -0.25) is 5.32 Å². The molecule has 1 aromatic heterocycles. The number of hydrogen-bond acceptors (Lipinski definition) is 5. The van der Waals surface area contributed by atoms with E-state index in [1.165, 1.54) is 11.3 Å². The van der Waals surface area contributed by atoms with Crippen LogP contribution in [0, 0.1) is 6.92 Å². The number of likely N-dealkylation sites (N-methyl/N-ethyl adjacent to an activating group) is 1. The summed E-state index contributed by atoms with van der Waals surface area (Å²) >= 11 is 1.54. The molecule has 0 amide bonds. The third-order valence-electron chi connectivity index (χ3n) is 1.86. The largest absolute Gasteiger partial charge is 0.465 e. The molecule has 0 aliphatic carbocycles. The van der Waals surface area contributed by atoms with E-state index in [1.807, 2.05) is 19.2 Å². The predicted molar refractivity (Wildman–Crippen MR) is 59.9 cm³/mol. The van der Waals surface area contributed by atoms with Crippen LogP contribution in [0.3, 0.4) is 0 Å². The van der Waals surface area contributed by atoms with Gasteiger partial charge in [0.05, 0.1) is 17.3 Å². The molecule has 0 saturated heterocycles. The molecule has 0 saturated carbocycles. The molecular formula is C10H16N2O2S. The van der Waals surface area contributed by atoms with Gasteiger partial charge in [-0.05, 0) is 20.4 Å². The van der Waals surface area contributed by atoms with Crippen LogP contribution in [0.5, 0.6) is 0 Å². The summed E-state index contributed by atoms with van der Waals surface area (Å²) < 4.78 is 4.98. The van der Waals surface area contributed by atoms with Crippen LogP contribution in [-0.4, -0.2) is 24.1 Å². The molecule has 15 heavy (non-hydrogen) atoms. The fourth-order valence-electron chi connectivity index (χ4n) is 1.25. The molecule has 4 nitrogen and oxygen atoms in total. The summed E-state index contributed by atoms with van der Waals surface area (Å²) in [5.41, 5.74) is 0.748. The van der Waals surface area contributed by atoms with Gasteiger partial charge in [0.15, 0.2) is 0 Å². The summed E-state index contributed by atoms with van der Waals surface area (Å²) in [6, 6.07) is -0.431. The van der Waals surface area contributed by atoms with Crippen LogP contribution in [0.1, 0.15) is 30.6 Å². The van der Waals surface area contributed by atoms with E-state index in [1.54, 1.807) is 6.92 Å². The summed E-state index contributed by atoms with van der Waals surface area (Å²) in [6.45, 7) is 6.77. The maximum atomic E-state index is 11.6. The number of thiazole rings is 1. The van der Waals surface area contributed by atoms with E-state index in [9.17, 15) is 4.79 Å². The SMILES string of the molecule is CCNC(C(=O)OCC)c1csc(C)n1.